The van der Waals surface area contributed by atoms with E-state index in [2.05, 4.69) is 4.98 Å². The molecule has 0 saturated carbocycles. The Morgan fingerprint density at radius 3 is 2.71 bits per heavy atom. The molecule has 1 aromatic rings. The molecule has 0 radical (unpaired) electrons. The number of H-pyrrole nitrogens is 1. The van der Waals surface area contributed by atoms with Gasteiger partial charge in [0.05, 0.1) is 12.7 Å². The summed E-state index contributed by atoms with van der Waals surface area (Å²) >= 11 is 0. The van der Waals surface area contributed by atoms with Gasteiger partial charge in [-0.1, -0.05) is 0 Å². The standard InChI is InChI=1S/C10H14N2O5/c13-4-6-3-9(17-7(6)5-14)12-2-1-8(15)11-10(12)16/h1-2,6-7,9,13-14H,3-5H2,(H,11,15,16)/t6-,7-,9+/m1/s1. The van der Waals surface area contributed by atoms with Gasteiger partial charge in [-0.2, -0.15) is 0 Å². The molecular formula is C10H14N2O5. The molecular weight excluding hydrogens is 228 g/mol. The highest BCUT2D eigenvalue weighted by Gasteiger charge is 2.35. The van der Waals surface area contributed by atoms with Gasteiger partial charge in [0.1, 0.15) is 6.23 Å². The molecule has 1 saturated heterocycles. The molecule has 0 aromatic carbocycles. The molecule has 1 aliphatic rings. The van der Waals surface area contributed by atoms with Gasteiger partial charge in [0, 0.05) is 31.2 Å². The summed E-state index contributed by atoms with van der Waals surface area (Å²) in [7, 11) is 0. The highest BCUT2D eigenvalue weighted by Crippen LogP contribution is 2.31. The lowest BCUT2D eigenvalue weighted by Crippen LogP contribution is -2.31. The zero-order valence-corrected chi connectivity index (χ0v) is 9.07. The minimum atomic E-state index is -0.561. The number of nitrogens with one attached hydrogen (secondary N) is 1. The van der Waals surface area contributed by atoms with Gasteiger partial charge in [-0.15, -0.1) is 0 Å². The average Bonchev–Trinajstić information content (AvgIpc) is 2.72. The average molecular weight is 242 g/mol. The van der Waals surface area contributed by atoms with Gasteiger partial charge >= 0.3 is 5.69 Å². The van der Waals surface area contributed by atoms with Crippen molar-refractivity contribution in [3.8, 4) is 0 Å². The highest BCUT2D eigenvalue weighted by atomic mass is 16.5. The Kier molecular flexibility index (Phi) is 3.41. The van der Waals surface area contributed by atoms with Crippen LogP contribution in [-0.2, 0) is 4.74 Å². The van der Waals surface area contributed by atoms with Crippen molar-refractivity contribution < 1.29 is 14.9 Å². The fraction of sp³-hybridized carbons (Fsp3) is 0.600. The molecule has 1 aliphatic heterocycles. The molecule has 7 heteroatoms. The Bertz CT molecular complexity index is 482. The summed E-state index contributed by atoms with van der Waals surface area (Å²) in [6, 6.07) is 1.23. The summed E-state index contributed by atoms with van der Waals surface area (Å²) in [5.41, 5.74) is -1.03. The third kappa shape index (κ3) is 2.31. The van der Waals surface area contributed by atoms with Crippen molar-refractivity contribution in [2.24, 2.45) is 5.92 Å². The van der Waals surface area contributed by atoms with Gasteiger partial charge in [0.15, 0.2) is 0 Å². The minimum Gasteiger partial charge on any atom is -0.396 e. The molecule has 0 amide bonds. The third-order valence-electron chi connectivity index (χ3n) is 2.94. The van der Waals surface area contributed by atoms with Crippen LogP contribution in [0.25, 0.3) is 0 Å². The highest BCUT2D eigenvalue weighted by molar-refractivity contribution is 4.88. The van der Waals surface area contributed by atoms with Crippen LogP contribution < -0.4 is 11.2 Å². The van der Waals surface area contributed by atoms with Gasteiger partial charge in [-0.3, -0.25) is 14.3 Å². The lowest BCUT2D eigenvalue weighted by atomic mass is 10.0. The zero-order valence-electron chi connectivity index (χ0n) is 9.07. The molecule has 0 aliphatic carbocycles. The number of aliphatic hydroxyl groups excluding tert-OH is 2. The predicted octanol–water partition coefficient (Wildman–Crippen LogP) is -1.58. The molecule has 7 nitrogen and oxygen atoms in total. The monoisotopic (exact) mass is 242 g/mol. The van der Waals surface area contributed by atoms with Gasteiger partial charge < -0.3 is 14.9 Å². The number of hydrogen-bond acceptors (Lipinski definition) is 5. The summed E-state index contributed by atoms with van der Waals surface area (Å²) in [6.45, 7) is -0.320. The second kappa shape index (κ2) is 4.82. The summed E-state index contributed by atoms with van der Waals surface area (Å²) in [6.07, 6.45) is 0.728. The number of nitrogens with zero attached hydrogens (tertiary/aromatic N) is 1. The molecule has 94 valence electrons. The number of aromatic nitrogens is 2. The molecule has 3 N–H and O–H groups in total. The predicted molar refractivity (Wildman–Crippen MR) is 57.5 cm³/mol. The summed E-state index contributed by atoms with van der Waals surface area (Å²) < 4.78 is 6.70. The SMILES string of the molecule is O=c1ccn([C@@H]2C[C@H](CO)[C@@H](CO)O2)c(=O)[nH]1. The molecule has 17 heavy (non-hydrogen) atoms. The van der Waals surface area contributed by atoms with E-state index in [4.69, 9.17) is 14.9 Å². The van der Waals surface area contributed by atoms with Crippen LogP contribution >= 0.6 is 0 Å². The van der Waals surface area contributed by atoms with E-state index in [0.717, 1.165) is 0 Å². The number of ether oxygens (including phenoxy) is 1. The van der Waals surface area contributed by atoms with E-state index in [1.165, 1.54) is 16.8 Å². The maximum Gasteiger partial charge on any atom is 0.330 e. The van der Waals surface area contributed by atoms with E-state index in [9.17, 15) is 9.59 Å². The maximum absolute atomic E-state index is 11.5. The van der Waals surface area contributed by atoms with E-state index in [1.54, 1.807) is 0 Å². The van der Waals surface area contributed by atoms with Crippen molar-refractivity contribution in [1.82, 2.24) is 9.55 Å². The topological polar surface area (TPSA) is 105 Å². The second-order valence-corrected chi connectivity index (χ2v) is 4.01. The van der Waals surface area contributed by atoms with Crippen LogP contribution in [0.2, 0.25) is 0 Å². The normalized spacial score (nSPS) is 28.5. The second-order valence-electron chi connectivity index (χ2n) is 4.01. The molecule has 0 spiro atoms. The largest absolute Gasteiger partial charge is 0.396 e. The van der Waals surface area contributed by atoms with Gasteiger partial charge in [0.2, 0.25) is 0 Å². The first-order valence-corrected chi connectivity index (χ1v) is 5.34. The lowest BCUT2D eigenvalue weighted by molar-refractivity contribution is -0.0366. The maximum atomic E-state index is 11.5. The van der Waals surface area contributed by atoms with Crippen LogP contribution in [0.4, 0.5) is 0 Å². The molecule has 2 heterocycles. The first-order chi connectivity index (χ1) is 8.15. The lowest BCUT2D eigenvalue weighted by Gasteiger charge is -2.14. The van der Waals surface area contributed by atoms with Crippen LogP contribution in [-0.4, -0.2) is 39.1 Å². The number of aromatic amines is 1. The first kappa shape index (κ1) is 12.0. The molecule has 0 bridgehead atoms. The number of hydrogen-bond donors (Lipinski definition) is 3. The Labute approximate surface area is 96.3 Å². The van der Waals surface area contributed by atoms with Crippen LogP contribution in [0.5, 0.6) is 0 Å². The van der Waals surface area contributed by atoms with Crippen molar-refractivity contribution in [3.63, 3.8) is 0 Å². The third-order valence-corrected chi connectivity index (χ3v) is 2.94. The van der Waals surface area contributed by atoms with Crippen molar-refractivity contribution in [2.45, 2.75) is 18.8 Å². The van der Waals surface area contributed by atoms with Crippen LogP contribution in [0, 0.1) is 5.92 Å². The summed E-state index contributed by atoms with van der Waals surface area (Å²) in [4.78, 5) is 24.6. The Morgan fingerprint density at radius 2 is 2.18 bits per heavy atom. The van der Waals surface area contributed by atoms with Crippen molar-refractivity contribution in [2.75, 3.05) is 13.2 Å². The van der Waals surface area contributed by atoms with E-state index >= 15 is 0 Å². The molecule has 3 atom stereocenters. The Morgan fingerprint density at radius 1 is 1.41 bits per heavy atom. The van der Waals surface area contributed by atoms with Crippen molar-refractivity contribution in [3.05, 3.63) is 33.1 Å². The van der Waals surface area contributed by atoms with Crippen molar-refractivity contribution >= 4 is 0 Å². The quantitative estimate of drug-likeness (QED) is 0.593. The molecule has 0 unspecified atom stereocenters. The summed E-state index contributed by atoms with van der Waals surface area (Å²) in [5, 5.41) is 18.2. The summed E-state index contributed by atoms with van der Waals surface area (Å²) in [5.74, 6) is -0.205. The fourth-order valence-corrected chi connectivity index (χ4v) is 2.00. The number of rotatable bonds is 3. The zero-order chi connectivity index (χ0) is 12.4. The van der Waals surface area contributed by atoms with Crippen LogP contribution in [0.15, 0.2) is 21.9 Å². The van der Waals surface area contributed by atoms with Crippen LogP contribution in [0.3, 0.4) is 0 Å². The minimum absolute atomic E-state index is 0.111. The molecule has 2 rings (SSSR count). The fourth-order valence-electron chi connectivity index (χ4n) is 2.00. The Hall–Kier alpha value is -1.44. The van der Waals surface area contributed by atoms with Crippen molar-refractivity contribution in [1.29, 1.82) is 0 Å². The van der Waals surface area contributed by atoms with Gasteiger partial charge in [-0.05, 0) is 0 Å². The van der Waals surface area contributed by atoms with Crippen LogP contribution in [0.1, 0.15) is 12.6 Å². The van der Waals surface area contributed by atoms with E-state index in [-0.39, 0.29) is 19.1 Å². The molecule has 1 aromatic heterocycles. The molecule has 1 fully saturated rings. The van der Waals surface area contributed by atoms with Gasteiger partial charge in [0.25, 0.3) is 5.56 Å². The number of aliphatic hydroxyl groups is 2. The smallest absolute Gasteiger partial charge is 0.330 e. The van der Waals surface area contributed by atoms with E-state index < -0.39 is 23.6 Å². The first-order valence-electron chi connectivity index (χ1n) is 5.34. The Balaban J connectivity index is 2.25. The van der Waals surface area contributed by atoms with E-state index in [0.29, 0.717) is 6.42 Å². The van der Waals surface area contributed by atoms with E-state index in [1.807, 2.05) is 0 Å². The van der Waals surface area contributed by atoms with Gasteiger partial charge in [-0.25, -0.2) is 4.79 Å².